The molecule has 1 saturated heterocycles. The molecule has 1 aliphatic heterocycles. The first-order valence-corrected chi connectivity index (χ1v) is 10.2. The maximum Gasteiger partial charge on any atom is 0.239 e. The number of nitrogens with one attached hydrogen (secondary N) is 2. The Morgan fingerprint density at radius 2 is 1.79 bits per heavy atom. The SMILES string of the molecule is CCC(C)[C@H](NCC1CC(S)CN1)C(=O)N(CC(C)C)CC(C)C. The molecule has 1 heterocycles. The summed E-state index contributed by atoms with van der Waals surface area (Å²) in [7, 11) is 0. The van der Waals surface area contributed by atoms with Gasteiger partial charge in [0.05, 0.1) is 6.04 Å². The van der Waals surface area contributed by atoms with Crippen LogP contribution in [-0.4, -0.2) is 54.3 Å². The number of carbonyl (C=O) groups excluding carboxylic acids is 1. The van der Waals surface area contributed by atoms with Gasteiger partial charge in [-0.05, 0) is 24.2 Å². The average molecular weight is 358 g/mol. The van der Waals surface area contributed by atoms with E-state index >= 15 is 0 Å². The summed E-state index contributed by atoms with van der Waals surface area (Å²) in [5.74, 6) is 1.60. The van der Waals surface area contributed by atoms with Crippen LogP contribution in [-0.2, 0) is 4.79 Å². The molecule has 0 saturated carbocycles. The van der Waals surface area contributed by atoms with Gasteiger partial charge < -0.3 is 15.5 Å². The summed E-state index contributed by atoms with van der Waals surface area (Å²) in [6.07, 6.45) is 2.08. The Morgan fingerprint density at radius 3 is 2.21 bits per heavy atom. The number of hydrogen-bond acceptors (Lipinski definition) is 4. The topological polar surface area (TPSA) is 44.4 Å². The fourth-order valence-corrected chi connectivity index (χ4v) is 3.68. The summed E-state index contributed by atoms with van der Waals surface area (Å²) in [4.78, 5) is 15.3. The van der Waals surface area contributed by atoms with Gasteiger partial charge in [0.2, 0.25) is 5.91 Å². The van der Waals surface area contributed by atoms with Gasteiger partial charge in [0.25, 0.3) is 0 Å². The minimum absolute atomic E-state index is 0.0896. The zero-order chi connectivity index (χ0) is 18.3. The quantitative estimate of drug-likeness (QED) is 0.527. The second kappa shape index (κ2) is 10.7. The van der Waals surface area contributed by atoms with E-state index < -0.39 is 0 Å². The number of rotatable bonds is 10. The van der Waals surface area contributed by atoms with Crippen LogP contribution in [0, 0.1) is 17.8 Å². The van der Waals surface area contributed by atoms with E-state index in [0.29, 0.717) is 29.0 Å². The molecule has 0 aromatic carbocycles. The van der Waals surface area contributed by atoms with Crippen molar-refractivity contribution in [3.8, 4) is 0 Å². The molecule has 4 atom stereocenters. The Bertz CT molecular complexity index is 366. The second-order valence-electron chi connectivity index (χ2n) is 8.30. The largest absolute Gasteiger partial charge is 0.341 e. The molecule has 0 radical (unpaired) electrons. The molecule has 4 nitrogen and oxygen atoms in total. The first-order chi connectivity index (χ1) is 11.2. The highest BCUT2D eigenvalue weighted by atomic mass is 32.1. The maximum atomic E-state index is 13.2. The molecule has 0 bridgehead atoms. The normalized spacial score (nSPS) is 23.7. The van der Waals surface area contributed by atoms with Gasteiger partial charge in [-0.25, -0.2) is 0 Å². The van der Waals surface area contributed by atoms with Crippen LogP contribution in [0.3, 0.4) is 0 Å². The number of hydrogen-bond donors (Lipinski definition) is 3. The van der Waals surface area contributed by atoms with Gasteiger partial charge in [0.15, 0.2) is 0 Å². The van der Waals surface area contributed by atoms with Crippen molar-refractivity contribution in [1.82, 2.24) is 15.5 Å². The maximum absolute atomic E-state index is 13.2. The first-order valence-electron chi connectivity index (χ1n) is 9.68. The van der Waals surface area contributed by atoms with Crippen LogP contribution in [0.4, 0.5) is 0 Å². The van der Waals surface area contributed by atoms with E-state index in [2.05, 4.69) is 69.7 Å². The molecule has 1 amide bonds. The molecule has 0 aromatic rings. The fourth-order valence-electron chi connectivity index (χ4n) is 3.32. The van der Waals surface area contributed by atoms with Crippen molar-refractivity contribution in [2.45, 2.75) is 71.7 Å². The van der Waals surface area contributed by atoms with Gasteiger partial charge in [-0.3, -0.25) is 4.79 Å². The van der Waals surface area contributed by atoms with Gasteiger partial charge >= 0.3 is 0 Å². The first kappa shape index (κ1) is 21.8. The smallest absolute Gasteiger partial charge is 0.239 e. The molecule has 0 aliphatic carbocycles. The summed E-state index contributed by atoms with van der Waals surface area (Å²) in [6.45, 7) is 16.6. The van der Waals surface area contributed by atoms with E-state index in [0.717, 1.165) is 39.0 Å². The molecule has 1 fully saturated rings. The monoisotopic (exact) mass is 357 g/mol. The highest BCUT2D eigenvalue weighted by Gasteiger charge is 2.30. The number of nitrogens with zero attached hydrogens (tertiary/aromatic N) is 1. The van der Waals surface area contributed by atoms with Gasteiger partial charge in [0.1, 0.15) is 0 Å². The molecular weight excluding hydrogens is 318 g/mol. The number of carbonyl (C=O) groups is 1. The zero-order valence-electron chi connectivity index (χ0n) is 16.5. The third-order valence-corrected chi connectivity index (χ3v) is 5.14. The molecule has 0 spiro atoms. The molecule has 24 heavy (non-hydrogen) atoms. The minimum Gasteiger partial charge on any atom is -0.341 e. The summed E-state index contributed by atoms with van der Waals surface area (Å²) < 4.78 is 0. The summed E-state index contributed by atoms with van der Waals surface area (Å²) in [6, 6.07) is 0.337. The van der Waals surface area contributed by atoms with Crippen LogP contribution < -0.4 is 10.6 Å². The molecule has 1 aliphatic rings. The van der Waals surface area contributed by atoms with Crippen molar-refractivity contribution in [1.29, 1.82) is 0 Å². The molecule has 0 aromatic heterocycles. The number of amides is 1. The van der Waals surface area contributed by atoms with Crippen LogP contribution >= 0.6 is 12.6 Å². The fraction of sp³-hybridized carbons (Fsp3) is 0.947. The highest BCUT2D eigenvalue weighted by Crippen LogP contribution is 2.16. The van der Waals surface area contributed by atoms with Crippen LogP contribution in [0.15, 0.2) is 0 Å². The highest BCUT2D eigenvalue weighted by molar-refractivity contribution is 7.81. The van der Waals surface area contributed by atoms with Crippen LogP contribution in [0.25, 0.3) is 0 Å². The number of thiol groups is 1. The molecule has 3 unspecified atom stereocenters. The van der Waals surface area contributed by atoms with E-state index in [1.807, 2.05) is 0 Å². The Balaban J connectivity index is 2.73. The Labute approximate surface area is 154 Å². The van der Waals surface area contributed by atoms with Gasteiger partial charge in [0, 0.05) is 37.5 Å². The summed E-state index contributed by atoms with van der Waals surface area (Å²) >= 11 is 4.54. The Hall–Kier alpha value is -0.260. The van der Waals surface area contributed by atoms with Crippen molar-refractivity contribution in [3.63, 3.8) is 0 Å². The van der Waals surface area contributed by atoms with Crippen LogP contribution in [0.1, 0.15) is 54.4 Å². The lowest BCUT2D eigenvalue weighted by atomic mass is 9.96. The van der Waals surface area contributed by atoms with E-state index in [1.54, 1.807) is 0 Å². The van der Waals surface area contributed by atoms with Crippen LogP contribution in [0.5, 0.6) is 0 Å². The van der Waals surface area contributed by atoms with Crippen molar-refractivity contribution in [3.05, 3.63) is 0 Å². The van der Waals surface area contributed by atoms with Gasteiger partial charge in [-0.2, -0.15) is 12.6 Å². The minimum atomic E-state index is -0.0896. The average Bonchev–Trinajstić information content (AvgIpc) is 2.90. The van der Waals surface area contributed by atoms with Gasteiger partial charge in [-0.1, -0.05) is 48.0 Å². The second-order valence-corrected chi connectivity index (χ2v) is 9.03. The van der Waals surface area contributed by atoms with Crippen LogP contribution in [0.2, 0.25) is 0 Å². The predicted molar refractivity (Wildman–Crippen MR) is 107 cm³/mol. The lowest BCUT2D eigenvalue weighted by molar-refractivity contribution is -0.136. The Kier molecular flexibility index (Phi) is 9.68. The summed E-state index contributed by atoms with van der Waals surface area (Å²) in [5.41, 5.74) is 0. The lowest BCUT2D eigenvalue weighted by Crippen LogP contribution is -2.53. The van der Waals surface area contributed by atoms with E-state index in [-0.39, 0.29) is 11.9 Å². The van der Waals surface area contributed by atoms with Crippen molar-refractivity contribution in [2.75, 3.05) is 26.2 Å². The molecule has 1 rings (SSSR count). The molecule has 2 N–H and O–H groups in total. The van der Waals surface area contributed by atoms with E-state index in [1.165, 1.54) is 0 Å². The summed E-state index contributed by atoms with van der Waals surface area (Å²) in [5, 5.41) is 7.50. The van der Waals surface area contributed by atoms with E-state index in [9.17, 15) is 4.79 Å². The molecule has 5 heteroatoms. The molecular formula is C19H39N3OS. The van der Waals surface area contributed by atoms with Crippen molar-refractivity contribution in [2.24, 2.45) is 17.8 Å². The third-order valence-electron chi connectivity index (χ3n) is 4.74. The predicted octanol–water partition coefficient (Wildman–Crippen LogP) is 2.79. The van der Waals surface area contributed by atoms with Crippen molar-refractivity contribution < 1.29 is 4.79 Å². The Morgan fingerprint density at radius 1 is 1.21 bits per heavy atom. The molecule has 142 valence electrons. The van der Waals surface area contributed by atoms with Crippen molar-refractivity contribution >= 4 is 18.5 Å². The zero-order valence-corrected chi connectivity index (χ0v) is 17.4. The lowest BCUT2D eigenvalue weighted by Gasteiger charge is -2.33. The van der Waals surface area contributed by atoms with E-state index in [4.69, 9.17) is 0 Å². The van der Waals surface area contributed by atoms with Gasteiger partial charge in [-0.15, -0.1) is 0 Å². The third kappa shape index (κ3) is 7.32. The standard InChI is InChI=1S/C19H39N3OS/c1-7-15(6)18(21-9-16-8-17(24)10-20-16)19(23)22(11-13(2)3)12-14(4)5/h13-18,20-21,24H,7-12H2,1-6H3/t15?,16?,17?,18-/m0/s1.